The molecule has 0 amide bonds. The van der Waals surface area contributed by atoms with Gasteiger partial charge < -0.3 is 5.11 Å². The minimum atomic E-state index is -0.305. The summed E-state index contributed by atoms with van der Waals surface area (Å²) >= 11 is 0. The molecule has 0 saturated carbocycles. The maximum absolute atomic E-state index is 10.3. The second-order valence-corrected chi connectivity index (χ2v) is 5.47. The molecule has 1 aromatic carbocycles. The molecular formula is C14H20O. The number of benzene rings is 1. The Balaban J connectivity index is 2.55. The lowest BCUT2D eigenvalue weighted by molar-refractivity contribution is 0.0338. The van der Waals surface area contributed by atoms with Gasteiger partial charge in [-0.1, -0.05) is 26.0 Å². The van der Waals surface area contributed by atoms with E-state index in [1.807, 2.05) is 0 Å². The van der Waals surface area contributed by atoms with Crippen LogP contribution in [0.25, 0.3) is 0 Å². The van der Waals surface area contributed by atoms with Crippen LogP contribution >= 0.6 is 0 Å². The van der Waals surface area contributed by atoms with Crippen molar-refractivity contribution in [3.05, 3.63) is 34.4 Å². The van der Waals surface area contributed by atoms with Crippen molar-refractivity contribution in [1.82, 2.24) is 0 Å². The van der Waals surface area contributed by atoms with E-state index in [0.717, 1.165) is 18.4 Å². The minimum Gasteiger partial charge on any atom is -0.388 e. The first-order chi connectivity index (χ1) is 6.93. The van der Waals surface area contributed by atoms with Gasteiger partial charge in [-0.25, -0.2) is 0 Å². The summed E-state index contributed by atoms with van der Waals surface area (Å²) in [7, 11) is 0. The summed E-state index contributed by atoms with van der Waals surface area (Å²) in [6.45, 7) is 8.60. The molecule has 1 aliphatic rings. The maximum atomic E-state index is 10.3. The highest BCUT2D eigenvalue weighted by Crippen LogP contribution is 2.44. The molecule has 1 unspecified atom stereocenters. The molecule has 15 heavy (non-hydrogen) atoms. The zero-order valence-electron chi connectivity index (χ0n) is 10.1. The quantitative estimate of drug-likeness (QED) is 0.687. The highest BCUT2D eigenvalue weighted by Gasteiger charge is 2.34. The molecule has 1 N–H and O–H groups in total. The number of fused-ring (bicyclic) bond motifs is 1. The fraction of sp³-hybridized carbons (Fsp3) is 0.571. The van der Waals surface area contributed by atoms with Crippen molar-refractivity contribution in [2.24, 2.45) is 5.41 Å². The van der Waals surface area contributed by atoms with Gasteiger partial charge in [-0.15, -0.1) is 0 Å². The molecule has 0 saturated heterocycles. The summed E-state index contributed by atoms with van der Waals surface area (Å²) in [5.41, 5.74) is 5.24. The van der Waals surface area contributed by atoms with E-state index in [9.17, 15) is 5.11 Å². The van der Waals surface area contributed by atoms with E-state index in [1.54, 1.807) is 0 Å². The monoisotopic (exact) mass is 204 g/mol. The summed E-state index contributed by atoms with van der Waals surface area (Å²) in [6, 6.07) is 4.22. The summed E-state index contributed by atoms with van der Waals surface area (Å²) < 4.78 is 0. The average Bonchev–Trinajstić information content (AvgIpc) is 2.17. The molecular weight excluding hydrogens is 184 g/mol. The first-order valence-electron chi connectivity index (χ1n) is 5.70. The first kappa shape index (κ1) is 10.7. The molecule has 1 atom stereocenters. The molecule has 0 radical (unpaired) electrons. The van der Waals surface area contributed by atoms with Crippen LogP contribution in [0.5, 0.6) is 0 Å². The van der Waals surface area contributed by atoms with Crippen LogP contribution in [0.15, 0.2) is 12.1 Å². The largest absolute Gasteiger partial charge is 0.388 e. The van der Waals surface area contributed by atoms with E-state index in [0.29, 0.717) is 0 Å². The zero-order chi connectivity index (χ0) is 11.2. The third kappa shape index (κ3) is 1.59. The van der Waals surface area contributed by atoms with Crippen molar-refractivity contribution < 1.29 is 5.11 Å². The summed E-state index contributed by atoms with van der Waals surface area (Å²) in [5.74, 6) is 0. The molecule has 0 fully saturated rings. The number of hydrogen-bond donors (Lipinski definition) is 1. The molecule has 1 aliphatic carbocycles. The third-order valence-corrected chi connectivity index (χ3v) is 3.96. The van der Waals surface area contributed by atoms with Crippen molar-refractivity contribution in [3.8, 4) is 0 Å². The van der Waals surface area contributed by atoms with E-state index >= 15 is 0 Å². The Kier molecular flexibility index (Phi) is 2.38. The molecule has 0 bridgehead atoms. The van der Waals surface area contributed by atoms with E-state index < -0.39 is 0 Å². The number of aliphatic hydroxyl groups excluding tert-OH is 1. The highest BCUT2D eigenvalue weighted by atomic mass is 16.3. The minimum absolute atomic E-state index is 0.0225. The van der Waals surface area contributed by atoms with Gasteiger partial charge in [0.2, 0.25) is 0 Å². The van der Waals surface area contributed by atoms with Crippen LogP contribution < -0.4 is 0 Å². The van der Waals surface area contributed by atoms with E-state index in [-0.39, 0.29) is 11.5 Å². The van der Waals surface area contributed by atoms with Gasteiger partial charge in [0.25, 0.3) is 0 Å². The van der Waals surface area contributed by atoms with Gasteiger partial charge in [0.05, 0.1) is 6.10 Å². The van der Waals surface area contributed by atoms with Crippen LogP contribution in [0.1, 0.15) is 48.6 Å². The van der Waals surface area contributed by atoms with E-state index in [4.69, 9.17) is 0 Å². The molecule has 0 spiro atoms. The Morgan fingerprint density at radius 3 is 2.60 bits per heavy atom. The Morgan fingerprint density at radius 2 is 1.93 bits per heavy atom. The molecule has 0 aliphatic heterocycles. The lowest BCUT2D eigenvalue weighted by atomic mass is 9.71. The maximum Gasteiger partial charge on any atom is 0.0843 e. The van der Waals surface area contributed by atoms with Crippen LogP contribution in [-0.4, -0.2) is 5.11 Å². The summed E-state index contributed by atoms with van der Waals surface area (Å²) in [6.07, 6.45) is 1.87. The number of aryl methyl sites for hydroxylation is 1. The second kappa shape index (κ2) is 3.34. The predicted octanol–water partition coefficient (Wildman–Crippen LogP) is 3.31. The zero-order valence-corrected chi connectivity index (χ0v) is 10.1. The van der Waals surface area contributed by atoms with Crippen molar-refractivity contribution in [2.75, 3.05) is 0 Å². The van der Waals surface area contributed by atoms with Crippen LogP contribution in [0, 0.1) is 19.3 Å². The van der Waals surface area contributed by atoms with Gasteiger partial charge in [-0.3, -0.25) is 0 Å². The SMILES string of the molecule is Cc1ccc2c(c1C)CCC(C)(C)C2O. The van der Waals surface area contributed by atoms with Crippen molar-refractivity contribution in [2.45, 2.75) is 46.6 Å². The van der Waals surface area contributed by atoms with Gasteiger partial charge in [0.1, 0.15) is 0 Å². The van der Waals surface area contributed by atoms with Gasteiger partial charge in [-0.05, 0) is 54.4 Å². The number of hydrogen-bond acceptors (Lipinski definition) is 1. The van der Waals surface area contributed by atoms with Gasteiger partial charge in [0, 0.05) is 0 Å². The fourth-order valence-corrected chi connectivity index (χ4v) is 2.49. The standard InChI is InChI=1S/C14H20O/c1-9-5-6-12-11(10(9)2)7-8-14(3,4)13(12)15/h5-6,13,15H,7-8H2,1-4H3. The summed E-state index contributed by atoms with van der Waals surface area (Å²) in [5, 5.41) is 10.3. The van der Waals surface area contributed by atoms with Gasteiger partial charge >= 0.3 is 0 Å². The molecule has 1 aromatic rings. The average molecular weight is 204 g/mol. The lowest BCUT2D eigenvalue weighted by Crippen LogP contribution is -2.28. The lowest BCUT2D eigenvalue weighted by Gasteiger charge is -2.37. The Labute approximate surface area is 92.1 Å². The molecule has 2 rings (SSSR count). The van der Waals surface area contributed by atoms with Crippen LogP contribution in [-0.2, 0) is 6.42 Å². The summed E-state index contributed by atoms with van der Waals surface area (Å²) in [4.78, 5) is 0. The topological polar surface area (TPSA) is 20.2 Å². The normalized spacial score (nSPS) is 23.7. The van der Waals surface area contributed by atoms with Crippen molar-refractivity contribution in [3.63, 3.8) is 0 Å². The van der Waals surface area contributed by atoms with Gasteiger partial charge in [-0.2, -0.15) is 0 Å². The molecule has 0 heterocycles. The second-order valence-electron chi connectivity index (χ2n) is 5.47. The van der Waals surface area contributed by atoms with Crippen molar-refractivity contribution in [1.29, 1.82) is 0 Å². The number of rotatable bonds is 0. The highest BCUT2D eigenvalue weighted by molar-refractivity contribution is 5.43. The van der Waals surface area contributed by atoms with Crippen molar-refractivity contribution >= 4 is 0 Å². The number of aliphatic hydroxyl groups is 1. The fourth-order valence-electron chi connectivity index (χ4n) is 2.49. The molecule has 82 valence electrons. The third-order valence-electron chi connectivity index (χ3n) is 3.96. The van der Waals surface area contributed by atoms with Crippen LogP contribution in [0.2, 0.25) is 0 Å². The Bertz CT molecular complexity index is 391. The smallest absolute Gasteiger partial charge is 0.0843 e. The molecule has 1 nitrogen and oxygen atoms in total. The first-order valence-corrected chi connectivity index (χ1v) is 5.70. The van der Waals surface area contributed by atoms with Gasteiger partial charge in [0.15, 0.2) is 0 Å². The van der Waals surface area contributed by atoms with Crippen LogP contribution in [0.4, 0.5) is 0 Å². The van der Waals surface area contributed by atoms with Crippen LogP contribution in [0.3, 0.4) is 0 Å². The molecule has 1 heteroatoms. The predicted molar refractivity (Wildman–Crippen MR) is 63.0 cm³/mol. The Hall–Kier alpha value is -0.820. The molecule has 0 aromatic heterocycles. The Morgan fingerprint density at radius 1 is 1.27 bits per heavy atom. The van der Waals surface area contributed by atoms with E-state index in [2.05, 4.69) is 39.8 Å². The van der Waals surface area contributed by atoms with E-state index in [1.165, 1.54) is 16.7 Å².